The first-order valence-electron chi connectivity index (χ1n) is 6.54. The van der Waals surface area contributed by atoms with Gasteiger partial charge in [0.2, 0.25) is 5.91 Å². The van der Waals surface area contributed by atoms with Crippen molar-refractivity contribution >= 4 is 46.0 Å². The summed E-state index contributed by atoms with van der Waals surface area (Å²) >= 11 is 2.47. The molecule has 1 aromatic heterocycles. The van der Waals surface area contributed by atoms with Gasteiger partial charge in [-0.2, -0.15) is 0 Å². The van der Waals surface area contributed by atoms with Crippen LogP contribution in [-0.2, 0) is 20.8 Å². The monoisotopic (exact) mass is 354 g/mol. The summed E-state index contributed by atoms with van der Waals surface area (Å²) in [6.45, 7) is 3.62. The number of nitrogens with zero attached hydrogens (tertiary/aromatic N) is 1. The zero-order valence-electron chi connectivity index (χ0n) is 11.9. The van der Waals surface area contributed by atoms with Crippen LogP contribution in [0.3, 0.4) is 0 Å². The van der Waals surface area contributed by atoms with Gasteiger partial charge < -0.3 is 15.5 Å². The number of rotatable bonds is 6. The number of hydrogen-bond acceptors (Lipinski definition) is 6. The van der Waals surface area contributed by atoms with Crippen LogP contribution in [0.2, 0.25) is 0 Å². The van der Waals surface area contributed by atoms with E-state index in [4.69, 9.17) is 5.11 Å². The highest BCUT2D eigenvalue weighted by Gasteiger charge is 2.33. The normalized spacial score (nSPS) is 18.9. The third-order valence-electron chi connectivity index (χ3n) is 3.00. The lowest BCUT2D eigenvalue weighted by Gasteiger charge is -2.23. The van der Waals surface area contributed by atoms with Crippen molar-refractivity contribution in [3.05, 3.63) is 34.5 Å². The number of carboxylic acids is 2. The summed E-state index contributed by atoms with van der Waals surface area (Å²) in [6, 6.07) is 1.04. The summed E-state index contributed by atoms with van der Waals surface area (Å²) in [5, 5.41) is 22.7. The van der Waals surface area contributed by atoms with Crippen molar-refractivity contribution in [3.63, 3.8) is 0 Å². The number of carboxylic acid groups (broad SMARTS) is 2. The highest BCUT2D eigenvalue weighted by Crippen LogP contribution is 2.24. The number of carbonyl (C=O) groups is 3. The van der Waals surface area contributed by atoms with Crippen molar-refractivity contribution in [2.24, 2.45) is 4.99 Å². The van der Waals surface area contributed by atoms with Crippen molar-refractivity contribution in [2.45, 2.75) is 18.5 Å². The van der Waals surface area contributed by atoms with Gasteiger partial charge >= 0.3 is 11.9 Å². The quantitative estimate of drug-likeness (QED) is 0.657. The maximum absolute atomic E-state index is 12.0. The Kier molecular flexibility index (Phi) is 5.56. The maximum atomic E-state index is 12.0. The molecule has 122 valence electrons. The molecule has 23 heavy (non-hydrogen) atoms. The van der Waals surface area contributed by atoms with Crippen LogP contribution in [0.4, 0.5) is 0 Å². The molecule has 0 aromatic carbocycles. The number of carbonyl (C=O) groups excluding carboxylic acids is 1. The molecule has 0 aliphatic carbocycles. The largest absolute Gasteiger partial charge is 0.479 e. The van der Waals surface area contributed by atoms with E-state index in [0.29, 0.717) is 5.57 Å². The van der Waals surface area contributed by atoms with Crippen LogP contribution in [0, 0.1) is 0 Å². The van der Waals surface area contributed by atoms with Crippen LogP contribution in [0.1, 0.15) is 4.88 Å². The number of hydrogen-bond donors (Lipinski definition) is 3. The molecule has 0 fully saturated rings. The van der Waals surface area contributed by atoms with Gasteiger partial charge in [0, 0.05) is 10.6 Å². The van der Waals surface area contributed by atoms with Crippen LogP contribution in [0.15, 0.2) is 34.7 Å². The minimum Gasteiger partial charge on any atom is -0.479 e. The average Bonchev–Trinajstić information content (AvgIpc) is 2.97. The molecule has 2 atom stereocenters. The van der Waals surface area contributed by atoms with Gasteiger partial charge in [-0.3, -0.25) is 9.79 Å². The summed E-state index contributed by atoms with van der Waals surface area (Å²) < 4.78 is 0. The Balaban J connectivity index is 2.13. The van der Waals surface area contributed by atoms with Gasteiger partial charge in [0.25, 0.3) is 0 Å². The minimum atomic E-state index is -1.36. The van der Waals surface area contributed by atoms with Crippen molar-refractivity contribution in [1.82, 2.24) is 5.32 Å². The Bertz CT molecular complexity index is 669. The molecule has 0 spiro atoms. The molecule has 0 radical (unpaired) electrons. The van der Waals surface area contributed by atoms with Gasteiger partial charge in [-0.25, -0.2) is 9.59 Å². The van der Waals surface area contributed by atoms with Crippen LogP contribution >= 0.6 is 23.1 Å². The third kappa shape index (κ3) is 4.42. The van der Waals surface area contributed by atoms with E-state index in [9.17, 15) is 19.5 Å². The number of aliphatic carboxylic acids is 2. The van der Waals surface area contributed by atoms with Gasteiger partial charge in [0.15, 0.2) is 12.1 Å². The molecule has 1 aromatic rings. The standard InChI is InChI=1S/C14H14N2O5S2/c1-7-6-23-12(16-10(7)13(18)19)11(14(20)21)15-9(17)5-8-3-2-4-22-8/h2-4,10-11H,1,5-6H2,(H,15,17)(H,18,19)(H,20,21). The summed E-state index contributed by atoms with van der Waals surface area (Å²) in [6.07, 6.45) is 0.0639. The van der Waals surface area contributed by atoms with Crippen molar-refractivity contribution in [1.29, 1.82) is 0 Å². The Morgan fingerprint density at radius 1 is 1.43 bits per heavy atom. The molecule has 2 heterocycles. The second kappa shape index (κ2) is 7.42. The SMILES string of the molecule is C=C1CSC(C(NC(=O)Cc2cccs2)C(=O)O)=NC1C(=O)O. The Hall–Kier alpha value is -2.13. The first kappa shape index (κ1) is 17.2. The molecule has 2 unspecified atom stereocenters. The Labute approximate surface area is 140 Å². The summed E-state index contributed by atoms with van der Waals surface area (Å²) in [5.41, 5.74) is 0.389. The molecular weight excluding hydrogens is 340 g/mol. The van der Waals surface area contributed by atoms with E-state index in [0.717, 1.165) is 16.6 Å². The maximum Gasteiger partial charge on any atom is 0.333 e. The van der Waals surface area contributed by atoms with Crippen LogP contribution < -0.4 is 5.32 Å². The predicted molar refractivity (Wildman–Crippen MR) is 88.0 cm³/mol. The third-order valence-corrected chi connectivity index (χ3v) is 5.02. The lowest BCUT2D eigenvalue weighted by molar-refractivity contribution is -0.140. The minimum absolute atomic E-state index is 0.0639. The first-order valence-corrected chi connectivity index (χ1v) is 8.40. The van der Waals surface area contributed by atoms with Crippen LogP contribution in [-0.4, -0.2) is 50.9 Å². The topological polar surface area (TPSA) is 116 Å². The molecule has 1 amide bonds. The average molecular weight is 354 g/mol. The molecule has 0 saturated heterocycles. The zero-order chi connectivity index (χ0) is 17.0. The van der Waals surface area contributed by atoms with Crippen molar-refractivity contribution in [2.75, 3.05) is 5.75 Å². The first-order chi connectivity index (χ1) is 10.9. The van der Waals surface area contributed by atoms with E-state index < -0.39 is 29.9 Å². The summed E-state index contributed by atoms with van der Waals surface area (Å²) in [4.78, 5) is 39.3. The highest BCUT2D eigenvalue weighted by atomic mass is 32.2. The molecule has 9 heteroatoms. The van der Waals surface area contributed by atoms with E-state index in [1.807, 2.05) is 5.38 Å². The van der Waals surface area contributed by atoms with Crippen molar-refractivity contribution < 1.29 is 24.6 Å². The number of aliphatic imine (C=N–C) groups is 1. The molecule has 1 aliphatic rings. The molecule has 0 saturated carbocycles. The lowest BCUT2D eigenvalue weighted by atomic mass is 10.1. The number of thiophene rings is 1. The Morgan fingerprint density at radius 2 is 2.17 bits per heavy atom. The molecule has 0 bridgehead atoms. The van der Waals surface area contributed by atoms with Gasteiger partial charge in [-0.05, 0) is 17.0 Å². The number of nitrogens with one attached hydrogen (secondary N) is 1. The summed E-state index contributed by atoms with van der Waals surface area (Å²) in [7, 11) is 0. The van der Waals surface area contributed by atoms with E-state index >= 15 is 0 Å². The summed E-state index contributed by atoms with van der Waals surface area (Å²) in [5.74, 6) is -2.69. The number of thioether (sulfide) groups is 1. The molecule has 7 nitrogen and oxygen atoms in total. The van der Waals surface area contributed by atoms with Crippen molar-refractivity contribution in [3.8, 4) is 0 Å². The fraction of sp³-hybridized carbons (Fsp3) is 0.286. The fourth-order valence-corrected chi connectivity index (χ4v) is 3.60. The number of amides is 1. The fourth-order valence-electron chi connectivity index (χ4n) is 1.90. The van der Waals surface area contributed by atoms with E-state index in [1.54, 1.807) is 12.1 Å². The molecule has 1 aliphatic heterocycles. The molecule has 2 rings (SSSR count). The predicted octanol–water partition coefficient (Wildman–Crippen LogP) is 1.01. The second-order valence-electron chi connectivity index (χ2n) is 4.75. The van der Waals surface area contributed by atoms with Crippen LogP contribution in [0.25, 0.3) is 0 Å². The highest BCUT2D eigenvalue weighted by molar-refractivity contribution is 8.14. The molecular formula is C14H14N2O5S2. The van der Waals surface area contributed by atoms with E-state index in [-0.39, 0.29) is 17.2 Å². The van der Waals surface area contributed by atoms with Crippen LogP contribution in [0.5, 0.6) is 0 Å². The Morgan fingerprint density at radius 3 is 2.74 bits per heavy atom. The lowest BCUT2D eigenvalue weighted by Crippen LogP contribution is -2.47. The van der Waals surface area contributed by atoms with E-state index in [2.05, 4.69) is 16.9 Å². The van der Waals surface area contributed by atoms with Gasteiger partial charge in [0.1, 0.15) is 5.04 Å². The zero-order valence-corrected chi connectivity index (χ0v) is 13.5. The molecule has 3 N–H and O–H groups in total. The van der Waals surface area contributed by atoms with Gasteiger partial charge in [0.05, 0.1) is 6.42 Å². The van der Waals surface area contributed by atoms with Gasteiger partial charge in [-0.15, -0.1) is 23.1 Å². The smallest absolute Gasteiger partial charge is 0.333 e. The van der Waals surface area contributed by atoms with Gasteiger partial charge in [-0.1, -0.05) is 12.6 Å². The van der Waals surface area contributed by atoms with E-state index in [1.165, 1.54) is 11.3 Å². The second-order valence-corrected chi connectivity index (χ2v) is 6.78.